The average Bonchev–Trinajstić information content (AvgIpc) is 2.46. The number of amides is 1. The highest BCUT2D eigenvalue weighted by Crippen LogP contribution is 2.26. The lowest BCUT2D eigenvalue weighted by Gasteiger charge is -2.22. The first-order chi connectivity index (χ1) is 9.58. The quantitative estimate of drug-likeness (QED) is 0.677. The van der Waals surface area contributed by atoms with E-state index in [0.29, 0.717) is 11.5 Å². The minimum Gasteiger partial charge on any atom is -0.267 e. The number of aromatic nitrogens is 1. The Labute approximate surface area is 119 Å². The standard InChI is InChI=1S/C16H19N3O/c1-11(2)13-7-6-12(3)15(9-13)18-19-16(20)14-5-4-8-17-10-14/h4-6,8,10,13H,1,7,9H2,2-3H3,(H,19,20). The van der Waals surface area contributed by atoms with Crippen molar-refractivity contribution in [3.63, 3.8) is 0 Å². The molecule has 4 heteroatoms. The van der Waals surface area contributed by atoms with Crippen molar-refractivity contribution >= 4 is 11.6 Å². The van der Waals surface area contributed by atoms with Crippen LogP contribution in [0.2, 0.25) is 0 Å². The van der Waals surface area contributed by atoms with Gasteiger partial charge in [-0.3, -0.25) is 9.78 Å². The first-order valence-electron chi connectivity index (χ1n) is 6.67. The van der Waals surface area contributed by atoms with E-state index in [1.54, 1.807) is 18.3 Å². The zero-order chi connectivity index (χ0) is 14.5. The van der Waals surface area contributed by atoms with E-state index in [2.05, 4.69) is 28.2 Å². The molecule has 1 unspecified atom stereocenters. The first kappa shape index (κ1) is 14.2. The van der Waals surface area contributed by atoms with E-state index in [1.165, 1.54) is 6.20 Å². The second-order valence-corrected chi connectivity index (χ2v) is 5.11. The molecule has 1 aliphatic carbocycles. The summed E-state index contributed by atoms with van der Waals surface area (Å²) in [6.07, 6.45) is 7.13. The molecule has 104 valence electrons. The Morgan fingerprint density at radius 3 is 3.00 bits per heavy atom. The van der Waals surface area contributed by atoms with Crippen molar-refractivity contribution in [2.75, 3.05) is 0 Å². The van der Waals surface area contributed by atoms with E-state index in [4.69, 9.17) is 0 Å². The number of pyridine rings is 1. The molecule has 1 heterocycles. The van der Waals surface area contributed by atoms with Gasteiger partial charge in [-0.15, -0.1) is 0 Å². The monoisotopic (exact) mass is 269 g/mol. The molecule has 0 bridgehead atoms. The molecule has 1 N–H and O–H groups in total. The highest BCUT2D eigenvalue weighted by Gasteiger charge is 2.18. The summed E-state index contributed by atoms with van der Waals surface area (Å²) in [6, 6.07) is 3.44. The molecule has 1 amide bonds. The van der Waals surface area contributed by atoms with Crippen LogP contribution in [0.3, 0.4) is 0 Å². The maximum absolute atomic E-state index is 11.9. The molecule has 20 heavy (non-hydrogen) atoms. The van der Waals surface area contributed by atoms with E-state index in [-0.39, 0.29) is 5.91 Å². The summed E-state index contributed by atoms with van der Waals surface area (Å²) in [7, 11) is 0. The van der Waals surface area contributed by atoms with Gasteiger partial charge in [-0.1, -0.05) is 18.2 Å². The Morgan fingerprint density at radius 1 is 1.55 bits per heavy atom. The summed E-state index contributed by atoms with van der Waals surface area (Å²) in [5, 5.41) is 4.25. The number of hydrogen-bond donors (Lipinski definition) is 1. The number of hydrazone groups is 1. The van der Waals surface area contributed by atoms with Gasteiger partial charge in [0.2, 0.25) is 0 Å². The lowest BCUT2D eigenvalue weighted by Crippen LogP contribution is -2.23. The van der Waals surface area contributed by atoms with Crippen LogP contribution in [0.25, 0.3) is 0 Å². The zero-order valence-corrected chi connectivity index (χ0v) is 11.9. The lowest BCUT2D eigenvalue weighted by atomic mass is 9.85. The Kier molecular flexibility index (Phi) is 4.45. The van der Waals surface area contributed by atoms with E-state index >= 15 is 0 Å². The molecular weight excluding hydrogens is 250 g/mol. The van der Waals surface area contributed by atoms with E-state index in [9.17, 15) is 4.79 Å². The maximum Gasteiger partial charge on any atom is 0.272 e. The van der Waals surface area contributed by atoms with Gasteiger partial charge < -0.3 is 0 Å². The first-order valence-corrected chi connectivity index (χ1v) is 6.67. The Bertz CT molecular complexity index is 573. The van der Waals surface area contributed by atoms with Crippen molar-refractivity contribution in [2.24, 2.45) is 11.0 Å². The van der Waals surface area contributed by atoms with Crippen LogP contribution in [0.1, 0.15) is 37.0 Å². The number of nitrogens with zero attached hydrogens (tertiary/aromatic N) is 2. The Morgan fingerprint density at radius 2 is 2.35 bits per heavy atom. The molecule has 1 aromatic rings. The summed E-state index contributed by atoms with van der Waals surface area (Å²) >= 11 is 0. The van der Waals surface area contributed by atoms with Gasteiger partial charge in [-0.2, -0.15) is 5.10 Å². The summed E-state index contributed by atoms with van der Waals surface area (Å²) in [4.78, 5) is 15.8. The summed E-state index contributed by atoms with van der Waals surface area (Å²) in [5.74, 6) is 0.170. The van der Waals surface area contributed by atoms with Gasteiger partial charge in [0.25, 0.3) is 5.91 Å². The minimum atomic E-state index is -0.240. The molecule has 4 nitrogen and oxygen atoms in total. The van der Waals surface area contributed by atoms with Gasteiger partial charge in [-0.25, -0.2) is 5.43 Å². The van der Waals surface area contributed by atoms with Crippen LogP contribution in [0.4, 0.5) is 0 Å². The lowest BCUT2D eigenvalue weighted by molar-refractivity contribution is 0.0954. The third kappa shape index (κ3) is 3.41. The molecule has 0 saturated heterocycles. The Hall–Kier alpha value is -2.23. The average molecular weight is 269 g/mol. The fraction of sp³-hybridized carbons (Fsp3) is 0.312. The van der Waals surface area contributed by atoms with E-state index < -0.39 is 0 Å². The van der Waals surface area contributed by atoms with Crippen LogP contribution < -0.4 is 5.43 Å². The van der Waals surface area contributed by atoms with Crippen molar-refractivity contribution in [1.29, 1.82) is 0 Å². The predicted molar refractivity (Wildman–Crippen MR) is 80.4 cm³/mol. The molecule has 1 aliphatic rings. The molecule has 0 radical (unpaired) electrons. The highest BCUT2D eigenvalue weighted by molar-refractivity contribution is 6.02. The molecule has 2 rings (SSSR count). The summed E-state index contributed by atoms with van der Waals surface area (Å²) in [5.41, 5.74) is 6.29. The fourth-order valence-electron chi connectivity index (χ4n) is 2.10. The summed E-state index contributed by atoms with van der Waals surface area (Å²) in [6.45, 7) is 8.05. The SMILES string of the molecule is C=C(C)C1CC=C(C)C(=NNC(=O)c2cccnc2)C1. The van der Waals surface area contributed by atoms with Gasteiger partial charge in [0, 0.05) is 12.4 Å². The molecule has 0 saturated carbocycles. The van der Waals surface area contributed by atoms with Crippen molar-refractivity contribution in [1.82, 2.24) is 10.4 Å². The Balaban J connectivity index is 2.07. The van der Waals surface area contributed by atoms with Crippen LogP contribution >= 0.6 is 0 Å². The fourth-order valence-corrected chi connectivity index (χ4v) is 2.10. The van der Waals surface area contributed by atoms with Crippen molar-refractivity contribution in [3.8, 4) is 0 Å². The van der Waals surface area contributed by atoms with Crippen LogP contribution in [-0.4, -0.2) is 16.6 Å². The third-order valence-electron chi connectivity index (χ3n) is 3.52. The van der Waals surface area contributed by atoms with Gasteiger partial charge in [-0.05, 0) is 50.3 Å². The van der Waals surface area contributed by atoms with Crippen LogP contribution in [-0.2, 0) is 0 Å². The van der Waals surface area contributed by atoms with Crippen molar-refractivity contribution in [3.05, 3.63) is 53.9 Å². The maximum atomic E-state index is 11.9. The van der Waals surface area contributed by atoms with Gasteiger partial charge in [0.15, 0.2) is 0 Å². The molecule has 0 fully saturated rings. The number of rotatable bonds is 3. The largest absolute Gasteiger partial charge is 0.272 e. The molecular formula is C16H19N3O. The van der Waals surface area contributed by atoms with E-state index in [0.717, 1.165) is 29.7 Å². The second kappa shape index (κ2) is 6.28. The molecule has 1 aromatic heterocycles. The minimum absolute atomic E-state index is 0.240. The number of allylic oxidation sites excluding steroid dienone is 3. The smallest absolute Gasteiger partial charge is 0.267 e. The number of hydrogen-bond acceptors (Lipinski definition) is 3. The number of carbonyl (C=O) groups is 1. The molecule has 0 aliphatic heterocycles. The molecule has 0 aromatic carbocycles. The van der Waals surface area contributed by atoms with Gasteiger partial charge in [0.05, 0.1) is 11.3 Å². The number of carbonyl (C=O) groups excluding carboxylic acids is 1. The zero-order valence-electron chi connectivity index (χ0n) is 11.9. The third-order valence-corrected chi connectivity index (χ3v) is 3.52. The van der Waals surface area contributed by atoms with Crippen LogP contribution in [0.5, 0.6) is 0 Å². The normalized spacial score (nSPS) is 20.4. The highest BCUT2D eigenvalue weighted by atomic mass is 16.2. The molecule has 1 atom stereocenters. The van der Waals surface area contributed by atoms with Crippen molar-refractivity contribution in [2.45, 2.75) is 26.7 Å². The van der Waals surface area contributed by atoms with Gasteiger partial charge in [0.1, 0.15) is 0 Å². The van der Waals surface area contributed by atoms with Crippen molar-refractivity contribution < 1.29 is 4.79 Å². The number of nitrogens with one attached hydrogen (secondary N) is 1. The van der Waals surface area contributed by atoms with E-state index in [1.807, 2.05) is 13.8 Å². The van der Waals surface area contributed by atoms with Crippen LogP contribution in [0.15, 0.2) is 53.4 Å². The van der Waals surface area contributed by atoms with Gasteiger partial charge >= 0.3 is 0 Å². The summed E-state index contributed by atoms with van der Waals surface area (Å²) < 4.78 is 0. The molecule has 0 spiro atoms. The topological polar surface area (TPSA) is 54.4 Å². The second-order valence-electron chi connectivity index (χ2n) is 5.11. The predicted octanol–water partition coefficient (Wildman–Crippen LogP) is 3.10. The van der Waals surface area contributed by atoms with Crippen LogP contribution in [0, 0.1) is 5.92 Å².